The molecule has 0 N–H and O–H groups in total. The third-order valence-electron chi connectivity index (χ3n) is 1.85. The Bertz CT molecular complexity index is 232. The van der Waals surface area contributed by atoms with Gasteiger partial charge in [-0.3, -0.25) is 0 Å². The van der Waals surface area contributed by atoms with E-state index in [0.717, 1.165) is 5.76 Å². The van der Waals surface area contributed by atoms with Gasteiger partial charge in [0.2, 0.25) is 0 Å². The highest BCUT2D eigenvalue weighted by molar-refractivity contribution is 5.29. The Kier molecular flexibility index (Phi) is 6.02. The molecule has 1 heteroatoms. The highest BCUT2D eigenvalue weighted by Gasteiger charge is 2.10. The number of hydrogen-bond acceptors (Lipinski definition) is 1. The van der Waals surface area contributed by atoms with Crippen LogP contribution in [0.1, 0.15) is 34.6 Å². The van der Waals surface area contributed by atoms with E-state index >= 15 is 0 Å². The first-order chi connectivity index (χ1) is 6.52. The molecule has 0 saturated heterocycles. The summed E-state index contributed by atoms with van der Waals surface area (Å²) >= 11 is 0. The van der Waals surface area contributed by atoms with E-state index < -0.39 is 0 Å². The molecule has 0 aliphatic carbocycles. The Balaban J connectivity index is 4.81. The summed E-state index contributed by atoms with van der Waals surface area (Å²) in [7, 11) is 0. The number of ether oxygens (including phenoxy) is 1. The van der Waals surface area contributed by atoms with Crippen molar-refractivity contribution in [2.75, 3.05) is 0 Å². The van der Waals surface area contributed by atoms with E-state index in [-0.39, 0.29) is 6.10 Å². The van der Waals surface area contributed by atoms with Gasteiger partial charge in [0.1, 0.15) is 5.76 Å². The number of allylic oxidation sites excluding steroid dienone is 4. The number of hydrogen-bond donors (Lipinski definition) is 0. The fourth-order valence-electron chi connectivity index (χ4n) is 1.32. The topological polar surface area (TPSA) is 9.23 Å². The van der Waals surface area contributed by atoms with Crippen LogP contribution in [0.15, 0.2) is 36.1 Å². The van der Waals surface area contributed by atoms with E-state index in [1.54, 1.807) is 6.08 Å². The number of rotatable bonds is 5. The minimum absolute atomic E-state index is 0.204. The van der Waals surface area contributed by atoms with Gasteiger partial charge < -0.3 is 4.74 Å². The van der Waals surface area contributed by atoms with Gasteiger partial charge in [-0.25, -0.2) is 0 Å². The van der Waals surface area contributed by atoms with Crippen molar-refractivity contribution in [1.82, 2.24) is 0 Å². The lowest BCUT2D eigenvalue weighted by molar-refractivity contribution is 0.151. The van der Waals surface area contributed by atoms with Crippen LogP contribution in [-0.4, -0.2) is 6.10 Å². The molecule has 0 fully saturated rings. The van der Waals surface area contributed by atoms with Crippen molar-refractivity contribution in [2.45, 2.75) is 40.7 Å². The first-order valence-electron chi connectivity index (χ1n) is 5.18. The third-order valence-corrected chi connectivity index (χ3v) is 1.85. The van der Waals surface area contributed by atoms with Crippen molar-refractivity contribution < 1.29 is 4.74 Å². The molecule has 0 aliphatic rings. The predicted molar refractivity (Wildman–Crippen MR) is 63.1 cm³/mol. The summed E-state index contributed by atoms with van der Waals surface area (Å²) in [5.41, 5.74) is 1.23. The Morgan fingerprint density at radius 3 is 2.07 bits per heavy atom. The largest absolute Gasteiger partial charge is 0.491 e. The van der Waals surface area contributed by atoms with Crippen molar-refractivity contribution in [2.24, 2.45) is 5.92 Å². The monoisotopic (exact) mass is 194 g/mol. The van der Waals surface area contributed by atoms with Crippen molar-refractivity contribution in [3.8, 4) is 0 Å². The van der Waals surface area contributed by atoms with E-state index in [0.29, 0.717) is 5.92 Å². The van der Waals surface area contributed by atoms with Crippen LogP contribution in [0, 0.1) is 5.92 Å². The van der Waals surface area contributed by atoms with Crippen LogP contribution in [0.4, 0.5) is 0 Å². The Morgan fingerprint density at radius 2 is 1.79 bits per heavy atom. The lowest BCUT2D eigenvalue weighted by atomic mass is 10.0. The lowest BCUT2D eigenvalue weighted by Crippen LogP contribution is -2.07. The fourth-order valence-corrected chi connectivity index (χ4v) is 1.32. The molecular formula is C13H22O. The molecule has 0 saturated carbocycles. The molecule has 0 spiro atoms. The standard InChI is InChI=1S/C13H22O/c1-7-9-13(14-11(5)6)12(8-2)10(3)4/h7-11H,1H2,2-6H3/b12-8-,13-9+. The van der Waals surface area contributed by atoms with Crippen LogP contribution in [-0.2, 0) is 4.74 Å². The molecule has 0 aromatic carbocycles. The van der Waals surface area contributed by atoms with Gasteiger partial charge >= 0.3 is 0 Å². The molecule has 0 unspecified atom stereocenters. The summed E-state index contributed by atoms with van der Waals surface area (Å²) in [6.07, 6.45) is 6.00. The van der Waals surface area contributed by atoms with Crippen molar-refractivity contribution in [1.29, 1.82) is 0 Å². The maximum Gasteiger partial charge on any atom is 0.122 e. The normalized spacial score (nSPS) is 13.6. The predicted octanol–water partition coefficient (Wildman–Crippen LogP) is 4.08. The van der Waals surface area contributed by atoms with Gasteiger partial charge in [-0.05, 0) is 38.3 Å². The van der Waals surface area contributed by atoms with E-state index in [1.165, 1.54) is 5.57 Å². The molecule has 0 bridgehead atoms. The van der Waals surface area contributed by atoms with Crippen LogP contribution < -0.4 is 0 Å². The minimum Gasteiger partial charge on any atom is -0.491 e. The van der Waals surface area contributed by atoms with Crippen LogP contribution in [0.5, 0.6) is 0 Å². The van der Waals surface area contributed by atoms with Gasteiger partial charge in [0.05, 0.1) is 6.10 Å². The molecule has 0 aromatic heterocycles. The molecule has 0 aliphatic heterocycles. The summed E-state index contributed by atoms with van der Waals surface area (Å²) in [4.78, 5) is 0. The van der Waals surface area contributed by atoms with Gasteiger partial charge in [-0.15, -0.1) is 0 Å². The second-order valence-electron chi connectivity index (χ2n) is 3.83. The summed E-state index contributed by atoms with van der Waals surface area (Å²) < 4.78 is 5.73. The summed E-state index contributed by atoms with van der Waals surface area (Å²) in [5, 5.41) is 0. The van der Waals surface area contributed by atoms with Gasteiger partial charge in [0, 0.05) is 0 Å². The first kappa shape index (κ1) is 13.0. The molecule has 1 nitrogen and oxygen atoms in total. The Labute approximate surface area is 88.2 Å². The fraction of sp³-hybridized carbons (Fsp3) is 0.538. The van der Waals surface area contributed by atoms with Gasteiger partial charge in [-0.1, -0.05) is 32.6 Å². The highest BCUT2D eigenvalue weighted by atomic mass is 16.5. The van der Waals surface area contributed by atoms with Crippen LogP contribution >= 0.6 is 0 Å². The van der Waals surface area contributed by atoms with Gasteiger partial charge in [0.25, 0.3) is 0 Å². The average Bonchev–Trinajstić information content (AvgIpc) is 2.03. The first-order valence-corrected chi connectivity index (χ1v) is 5.18. The molecule has 0 atom stereocenters. The second kappa shape index (κ2) is 6.47. The van der Waals surface area contributed by atoms with Gasteiger partial charge in [0.15, 0.2) is 0 Å². The smallest absolute Gasteiger partial charge is 0.122 e. The Morgan fingerprint density at radius 1 is 1.21 bits per heavy atom. The zero-order chi connectivity index (χ0) is 11.1. The van der Waals surface area contributed by atoms with Crippen molar-refractivity contribution in [3.63, 3.8) is 0 Å². The zero-order valence-corrected chi connectivity index (χ0v) is 10.0. The molecular weight excluding hydrogens is 172 g/mol. The average molecular weight is 194 g/mol. The third kappa shape index (κ3) is 4.31. The van der Waals surface area contributed by atoms with E-state index in [9.17, 15) is 0 Å². The summed E-state index contributed by atoms with van der Waals surface area (Å²) in [5.74, 6) is 1.41. The van der Waals surface area contributed by atoms with E-state index in [2.05, 4.69) is 26.5 Å². The van der Waals surface area contributed by atoms with E-state index in [1.807, 2.05) is 26.8 Å². The molecule has 14 heavy (non-hydrogen) atoms. The maximum absolute atomic E-state index is 5.73. The SMILES string of the molecule is C=C/C=C(OC(C)C)\C(=C/C)C(C)C. The molecule has 0 heterocycles. The molecule has 0 radical (unpaired) electrons. The van der Waals surface area contributed by atoms with Crippen LogP contribution in [0.3, 0.4) is 0 Å². The van der Waals surface area contributed by atoms with E-state index in [4.69, 9.17) is 4.74 Å². The molecule has 80 valence electrons. The summed E-state index contributed by atoms with van der Waals surface area (Å²) in [6.45, 7) is 14.1. The molecule has 0 amide bonds. The van der Waals surface area contributed by atoms with Crippen LogP contribution in [0.25, 0.3) is 0 Å². The zero-order valence-electron chi connectivity index (χ0n) is 10.0. The minimum atomic E-state index is 0.204. The molecule has 0 aromatic rings. The highest BCUT2D eigenvalue weighted by Crippen LogP contribution is 2.21. The summed E-state index contributed by atoms with van der Waals surface area (Å²) in [6, 6.07) is 0. The Hall–Kier alpha value is -0.980. The quantitative estimate of drug-likeness (QED) is 0.473. The van der Waals surface area contributed by atoms with Gasteiger partial charge in [-0.2, -0.15) is 0 Å². The maximum atomic E-state index is 5.73. The van der Waals surface area contributed by atoms with Crippen molar-refractivity contribution in [3.05, 3.63) is 36.1 Å². The van der Waals surface area contributed by atoms with Crippen LogP contribution in [0.2, 0.25) is 0 Å². The van der Waals surface area contributed by atoms with Crippen molar-refractivity contribution >= 4 is 0 Å². The lowest BCUT2D eigenvalue weighted by Gasteiger charge is -2.18. The molecule has 0 rings (SSSR count). The second-order valence-corrected chi connectivity index (χ2v) is 3.83.